The zero-order valence-electron chi connectivity index (χ0n) is 19.4. The van der Waals surface area contributed by atoms with Crippen molar-refractivity contribution in [1.82, 2.24) is 15.1 Å². The van der Waals surface area contributed by atoms with Crippen molar-refractivity contribution in [2.24, 2.45) is 23.2 Å². The Hall–Kier alpha value is -2.01. The molecule has 0 radical (unpaired) electrons. The highest BCUT2D eigenvalue weighted by atomic mass is 35.5. The molecule has 3 fully saturated rings. The van der Waals surface area contributed by atoms with Gasteiger partial charge in [0, 0.05) is 24.4 Å². The summed E-state index contributed by atoms with van der Waals surface area (Å²) in [5.74, 6) is 2.70. The molecule has 172 valence electrons. The van der Waals surface area contributed by atoms with Gasteiger partial charge in [-0.05, 0) is 79.9 Å². The molecule has 0 spiro atoms. The van der Waals surface area contributed by atoms with Gasteiger partial charge in [0.2, 0.25) is 0 Å². The van der Waals surface area contributed by atoms with E-state index in [-0.39, 0.29) is 5.91 Å². The highest BCUT2D eigenvalue weighted by molar-refractivity contribution is 6.17. The molecule has 2 bridgehead atoms. The number of alkyl halides is 1. The molecule has 6 heteroatoms. The van der Waals surface area contributed by atoms with E-state index >= 15 is 0 Å². The molecule has 2 heterocycles. The van der Waals surface area contributed by atoms with E-state index in [4.69, 9.17) is 21.1 Å². The zero-order chi connectivity index (χ0) is 22.5. The first-order valence-electron chi connectivity index (χ1n) is 12.1. The van der Waals surface area contributed by atoms with Crippen molar-refractivity contribution < 1.29 is 9.21 Å². The van der Waals surface area contributed by atoms with Gasteiger partial charge in [-0.2, -0.15) is 5.10 Å². The molecule has 0 aliphatic heterocycles. The van der Waals surface area contributed by atoms with Crippen molar-refractivity contribution in [1.29, 1.82) is 0 Å². The molecule has 1 N–H and O–H groups in total. The van der Waals surface area contributed by atoms with Gasteiger partial charge < -0.3 is 9.73 Å². The van der Waals surface area contributed by atoms with E-state index in [9.17, 15) is 4.79 Å². The molecule has 3 saturated carbocycles. The highest BCUT2D eigenvalue weighted by Crippen LogP contribution is 2.61. The molecule has 5 nitrogen and oxygen atoms in total. The smallest absolute Gasteiger partial charge is 0.275 e. The lowest BCUT2D eigenvalue weighted by atomic mass is 9.45. The molecule has 3 aromatic rings. The second-order valence-electron chi connectivity index (χ2n) is 10.5. The third kappa shape index (κ3) is 3.63. The van der Waals surface area contributed by atoms with Crippen LogP contribution in [0.3, 0.4) is 0 Å². The van der Waals surface area contributed by atoms with Crippen LogP contribution in [0, 0.1) is 30.1 Å². The number of halogens is 1. The van der Waals surface area contributed by atoms with Gasteiger partial charge in [0.1, 0.15) is 11.1 Å². The van der Waals surface area contributed by atoms with Gasteiger partial charge in [-0.1, -0.05) is 26.3 Å². The molecule has 1 amide bonds. The molecule has 3 unspecified atom stereocenters. The topological polar surface area (TPSA) is 60.1 Å². The van der Waals surface area contributed by atoms with E-state index in [0.717, 1.165) is 66.2 Å². The second kappa shape index (κ2) is 8.40. The van der Waals surface area contributed by atoms with Crippen LogP contribution in [0.4, 0.5) is 0 Å². The summed E-state index contributed by atoms with van der Waals surface area (Å²) in [6.45, 7) is 8.32. The van der Waals surface area contributed by atoms with Crippen LogP contribution in [0.5, 0.6) is 0 Å². The Labute approximate surface area is 194 Å². The molecular formula is C26H34ClN3O2. The van der Waals surface area contributed by atoms with E-state index in [1.165, 1.54) is 19.3 Å². The van der Waals surface area contributed by atoms with E-state index in [0.29, 0.717) is 28.5 Å². The number of furan rings is 1. The largest absolute Gasteiger partial charge is 0.452 e. The summed E-state index contributed by atoms with van der Waals surface area (Å²) < 4.78 is 8.14. The summed E-state index contributed by atoms with van der Waals surface area (Å²) in [6, 6.07) is 6.19. The van der Waals surface area contributed by atoms with Crippen molar-refractivity contribution in [2.45, 2.75) is 65.8 Å². The van der Waals surface area contributed by atoms with Crippen LogP contribution >= 0.6 is 11.6 Å². The Morgan fingerprint density at radius 2 is 2.12 bits per heavy atom. The minimum Gasteiger partial charge on any atom is -0.452 e. The van der Waals surface area contributed by atoms with Crippen molar-refractivity contribution in [3.8, 4) is 0 Å². The fourth-order valence-electron chi connectivity index (χ4n) is 6.18. The van der Waals surface area contributed by atoms with Gasteiger partial charge in [0.05, 0.1) is 0 Å². The van der Waals surface area contributed by atoms with Gasteiger partial charge in [-0.25, -0.2) is 0 Å². The van der Waals surface area contributed by atoms with Crippen molar-refractivity contribution in [2.75, 3.05) is 12.4 Å². The molecule has 1 aromatic carbocycles. The summed E-state index contributed by atoms with van der Waals surface area (Å²) in [5, 5.41) is 8.94. The maximum Gasteiger partial charge on any atom is 0.275 e. The van der Waals surface area contributed by atoms with Gasteiger partial charge in [-0.3, -0.25) is 9.48 Å². The van der Waals surface area contributed by atoms with E-state index < -0.39 is 0 Å². The standard InChI is InChI=1S/C26H34ClN3O2/c1-16-7-10-19-21(13-16)32-24-22(29-30(23(19)24)12-6-4-5-11-27)25(31)28-15-17-8-9-18-14-20(17)26(18,2)3/h7,10,13,17-18,20H,4-6,8-9,11-12,14-15H2,1-3H3,(H,28,31). The normalized spacial score (nSPS) is 24.1. The second-order valence-corrected chi connectivity index (χ2v) is 10.9. The van der Waals surface area contributed by atoms with E-state index in [1.54, 1.807) is 0 Å². The number of nitrogens with zero attached hydrogens (tertiary/aromatic N) is 2. The third-order valence-corrected chi connectivity index (χ3v) is 8.53. The quantitative estimate of drug-likeness (QED) is 0.320. The molecule has 6 rings (SSSR count). The van der Waals surface area contributed by atoms with E-state index in [1.807, 2.05) is 10.7 Å². The lowest BCUT2D eigenvalue weighted by Crippen LogP contribution is -2.54. The average Bonchev–Trinajstić information content (AvgIpc) is 3.32. The number of aryl methyl sites for hydroxylation is 2. The molecule has 2 aromatic heterocycles. The predicted octanol–water partition coefficient (Wildman–Crippen LogP) is 6.30. The Balaban J connectivity index is 1.39. The Bertz CT molecular complexity index is 1140. The number of aromatic nitrogens is 2. The predicted molar refractivity (Wildman–Crippen MR) is 129 cm³/mol. The van der Waals surface area contributed by atoms with Crippen LogP contribution in [0.2, 0.25) is 0 Å². The van der Waals surface area contributed by atoms with E-state index in [2.05, 4.69) is 38.2 Å². The van der Waals surface area contributed by atoms with Crippen LogP contribution in [-0.2, 0) is 6.54 Å². The highest BCUT2D eigenvalue weighted by Gasteiger charge is 2.53. The number of unbranched alkanes of at least 4 members (excludes halogenated alkanes) is 2. The third-order valence-electron chi connectivity index (χ3n) is 8.26. The minimum absolute atomic E-state index is 0.121. The van der Waals surface area contributed by atoms with Crippen molar-refractivity contribution in [3.05, 3.63) is 29.5 Å². The fraction of sp³-hybridized carbons (Fsp3) is 0.615. The lowest BCUT2D eigenvalue weighted by Gasteiger charge is -2.60. The summed E-state index contributed by atoms with van der Waals surface area (Å²) >= 11 is 5.84. The summed E-state index contributed by atoms with van der Waals surface area (Å²) in [6.07, 6.45) is 6.83. The maximum atomic E-state index is 13.3. The molecule has 3 aliphatic rings. The number of rotatable bonds is 8. The van der Waals surface area contributed by atoms with Gasteiger partial charge in [0.25, 0.3) is 5.91 Å². The number of hydrogen-bond acceptors (Lipinski definition) is 3. The van der Waals surface area contributed by atoms with Gasteiger partial charge >= 0.3 is 0 Å². The SMILES string of the molecule is Cc1ccc2c(c1)oc1c(C(=O)NCC3CCC4CC3C4(C)C)nn(CCCCCCl)c12. The first-order chi connectivity index (χ1) is 15.4. The van der Waals surface area contributed by atoms with Crippen molar-refractivity contribution >= 4 is 39.6 Å². The molecule has 0 saturated heterocycles. The monoisotopic (exact) mass is 455 g/mol. The number of carbonyl (C=O) groups excluding carboxylic acids is 1. The number of carbonyl (C=O) groups is 1. The molecule has 32 heavy (non-hydrogen) atoms. The summed E-state index contributed by atoms with van der Waals surface area (Å²) in [5.41, 5.74) is 4.32. The lowest BCUT2D eigenvalue weighted by molar-refractivity contribution is -0.103. The number of fused-ring (bicyclic) bond motifs is 5. The minimum atomic E-state index is -0.121. The Morgan fingerprint density at radius 1 is 1.28 bits per heavy atom. The summed E-state index contributed by atoms with van der Waals surface area (Å²) in [4.78, 5) is 13.3. The van der Waals surface area contributed by atoms with Crippen LogP contribution in [0.1, 0.15) is 68.4 Å². The number of amides is 1. The first-order valence-corrected chi connectivity index (χ1v) is 12.7. The molecule has 3 atom stereocenters. The summed E-state index contributed by atoms with van der Waals surface area (Å²) in [7, 11) is 0. The number of hydrogen-bond donors (Lipinski definition) is 1. The number of nitrogens with one attached hydrogen (secondary N) is 1. The van der Waals surface area contributed by atoms with Crippen LogP contribution < -0.4 is 5.32 Å². The fourth-order valence-corrected chi connectivity index (χ4v) is 6.37. The van der Waals surface area contributed by atoms with Gasteiger partial charge in [0.15, 0.2) is 11.3 Å². The maximum absolute atomic E-state index is 13.3. The van der Waals surface area contributed by atoms with Crippen LogP contribution in [-0.4, -0.2) is 28.1 Å². The Morgan fingerprint density at radius 3 is 2.88 bits per heavy atom. The molecular weight excluding hydrogens is 422 g/mol. The number of benzene rings is 1. The first kappa shape index (κ1) is 21.8. The Kier molecular flexibility index (Phi) is 5.73. The molecule has 3 aliphatic carbocycles. The van der Waals surface area contributed by atoms with Crippen LogP contribution in [0.15, 0.2) is 22.6 Å². The zero-order valence-corrected chi connectivity index (χ0v) is 20.2. The van der Waals surface area contributed by atoms with Crippen molar-refractivity contribution in [3.63, 3.8) is 0 Å². The van der Waals surface area contributed by atoms with Gasteiger partial charge in [-0.15, -0.1) is 11.6 Å². The van der Waals surface area contributed by atoms with Crippen LogP contribution in [0.25, 0.3) is 22.1 Å². The average molecular weight is 456 g/mol.